The van der Waals surface area contributed by atoms with E-state index in [2.05, 4.69) is 36.3 Å². The van der Waals surface area contributed by atoms with Crippen molar-refractivity contribution in [3.8, 4) is 5.69 Å². The van der Waals surface area contributed by atoms with Gasteiger partial charge in [0.2, 0.25) is 11.9 Å². The maximum absolute atomic E-state index is 14.8. The van der Waals surface area contributed by atoms with Crippen LogP contribution < -0.4 is 5.32 Å². The number of methoxy groups -OCH3 is 1. The Hall–Kier alpha value is -3.18. The number of hydrogen-bond acceptors (Lipinski definition) is 7. The Morgan fingerprint density at radius 1 is 1.37 bits per heavy atom. The van der Waals surface area contributed by atoms with Gasteiger partial charge in [-0.3, -0.25) is 9.78 Å². The van der Waals surface area contributed by atoms with E-state index in [1.165, 1.54) is 6.07 Å². The number of amides is 1. The zero-order valence-electron chi connectivity index (χ0n) is 22.1. The van der Waals surface area contributed by atoms with E-state index in [4.69, 9.17) is 9.72 Å². The Morgan fingerprint density at radius 3 is 2.92 bits per heavy atom. The number of aromatic nitrogens is 5. The minimum Gasteiger partial charge on any atom is -0.377 e. The van der Waals surface area contributed by atoms with Crippen LogP contribution in [0.15, 0.2) is 41.3 Å². The molecule has 200 valence electrons. The van der Waals surface area contributed by atoms with Crippen LogP contribution in [0.2, 0.25) is 0 Å². The van der Waals surface area contributed by atoms with Gasteiger partial charge in [0.05, 0.1) is 16.7 Å². The van der Waals surface area contributed by atoms with E-state index in [0.29, 0.717) is 51.1 Å². The highest BCUT2D eigenvalue weighted by molar-refractivity contribution is 9.10. The molecule has 9 nitrogen and oxygen atoms in total. The quantitative estimate of drug-likeness (QED) is 0.322. The van der Waals surface area contributed by atoms with Gasteiger partial charge >= 0.3 is 0 Å². The number of rotatable bonds is 7. The molecule has 1 saturated carbocycles. The van der Waals surface area contributed by atoms with Gasteiger partial charge in [0.1, 0.15) is 10.1 Å². The molecule has 1 aliphatic carbocycles. The van der Waals surface area contributed by atoms with E-state index in [9.17, 15) is 9.18 Å². The number of ether oxygens (including phenoxy) is 1. The topological polar surface area (TPSA) is 98.1 Å². The van der Waals surface area contributed by atoms with Gasteiger partial charge in [-0.25, -0.2) is 14.1 Å². The summed E-state index contributed by atoms with van der Waals surface area (Å²) in [7, 11) is 3.49. The maximum Gasteiger partial charge on any atom is 0.228 e. The predicted octanol–water partition coefficient (Wildman–Crippen LogP) is 5.12. The van der Waals surface area contributed by atoms with Crippen molar-refractivity contribution >= 4 is 49.7 Å². The van der Waals surface area contributed by atoms with E-state index in [1.807, 2.05) is 40.0 Å². The normalized spacial score (nSPS) is 19.8. The maximum atomic E-state index is 14.8. The van der Waals surface area contributed by atoms with Crippen molar-refractivity contribution in [3.63, 3.8) is 0 Å². The number of likely N-dealkylation sites (N-methyl/N-ethyl adjacent to an activating group) is 1. The lowest BCUT2D eigenvalue weighted by Crippen LogP contribution is -2.46. The number of carbonyl (C=O) groups is 1. The van der Waals surface area contributed by atoms with Gasteiger partial charge in [-0.1, -0.05) is 13.0 Å². The van der Waals surface area contributed by atoms with E-state index >= 15 is 0 Å². The van der Waals surface area contributed by atoms with Gasteiger partial charge in [-0.15, -0.1) is 0 Å². The van der Waals surface area contributed by atoms with Gasteiger partial charge in [0, 0.05) is 56.0 Å². The summed E-state index contributed by atoms with van der Waals surface area (Å²) >= 11 is 3.48. The average Bonchev–Trinajstić information content (AvgIpc) is 3.43. The first-order chi connectivity index (χ1) is 18.0. The molecule has 1 aromatic carbocycles. The lowest BCUT2D eigenvalue weighted by Gasteiger charge is -2.34. The number of halogens is 2. The molecule has 0 aliphatic heterocycles. The van der Waals surface area contributed by atoms with Gasteiger partial charge in [0.15, 0.2) is 11.5 Å². The Bertz CT molecular complexity index is 1520. The second kappa shape index (κ2) is 9.85. The summed E-state index contributed by atoms with van der Waals surface area (Å²) in [4.78, 5) is 28.4. The highest BCUT2D eigenvalue weighted by atomic mass is 79.9. The van der Waals surface area contributed by atoms with Gasteiger partial charge in [-0.2, -0.15) is 10.1 Å². The number of carbonyl (C=O) groups excluding carboxylic acids is 1. The number of nitrogens with one attached hydrogen (secondary N) is 1. The Balaban J connectivity index is 1.38. The standard InChI is InChI=1S/C27H31BrFN7O2/c1-26(2,38-5)15-35(4)24(37)27(3)9-8-17(13-27)32-25-31-14-19-22(28)34-36(23(19)33-25)18-11-16-7-6-10-30-21(16)20(29)12-18/h6-7,10-12,14,17H,8-9,13,15H2,1-5H3,(H,31,32,33)/t17-,27-/m1/s1. The van der Waals surface area contributed by atoms with Crippen molar-refractivity contribution in [2.45, 2.75) is 51.7 Å². The molecular formula is C27H31BrFN7O2. The summed E-state index contributed by atoms with van der Waals surface area (Å²) in [6, 6.07) is 6.84. The molecule has 3 aromatic heterocycles. The lowest BCUT2D eigenvalue weighted by molar-refractivity contribution is -0.143. The molecule has 3 heterocycles. The van der Waals surface area contributed by atoms with Gasteiger partial charge in [-0.05, 0) is 61.2 Å². The highest BCUT2D eigenvalue weighted by Gasteiger charge is 2.43. The first-order valence-electron chi connectivity index (χ1n) is 12.5. The minimum atomic E-state index is -0.484. The van der Waals surface area contributed by atoms with Gasteiger partial charge < -0.3 is 15.0 Å². The van der Waals surface area contributed by atoms with Crippen molar-refractivity contribution in [2.75, 3.05) is 26.0 Å². The first kappa shape index (κ1) is 26.4. The van der Waals surface area contributed by atoms with Crippen LogP contribution in [0.3, 0.4) is 0 Å². The summed E-state index contributed by atoms with van der Waals surface area (Å²) in [6.07, 6.45) is 5.50. The summed E-state index contributed by atoms with van der Waals surface area (Å²) in [5.41, 5.74) is 0.475. The molecule has 38 heavy (non-hydrogen) atoms. The molecule has 0 radical (unpaired) electrons. The summed E-state index contributed by atoms with van der Waals surface area (Å²) in [5.74, 6) is 0.113. The third-order valence-electron chi connectivity index (χ3n) is 7.38. The monoisotopic (exact) mass is 583 g/mol. The van der Waals surface area contributed by atoms with Crippen LogP contribution in [0.5, 0.6) is 0 Å². The Labute approximate surface area is 228 Å². The number of hydrogen-bond donors (Lipinski definition) is 1. The van der Waals surface area contributed by atoms with Crippen LogP contribution >= 0.6 is 15.9 Å². The lowest BCUT2D eigenvalue weighted by atomic mass is 9.86. The highest BCUT2D eigenvalue weighted by Crippen LogP contribution is 2.40. The minimum absolute atomic E-state index is 0.0363. The SMILES string of the molecule is COC(C)(C)CN(C)C(=O)[C@]1(C)CC[C@@H](Nc2ncc3c(Br)nn(-c4cc(F)c5ncccc5c4)c3n2)C1. The fourth-order valence-electron chi connectivity index (χ4n) is 5.28. The average molecular weight is 584 g/mol. The zero-order chi connectivity index (χ0) is 27.2. The Morgan fingerprint density at radius 2 is 2.16 bits per heavy atom. The molecular weight excluding hydrogens is 553 g/mol. The van der Waals surface area contributed by atoms with Crippen molar-refractivity contribution in [3.05, 3.63) is 47.1 Å². The molecule has 0 bridgehead atoms. The van der Waals surface area contributed by atoms with Crippen LogP contribution in [-0.2, 0) is 9.53 Å². The number of pyridine rings is 1. The number of anilines is 1. The first-order valence-corrected chi connectivity index (χ1v) is 13.3. The summed E-state index contributed by atoms with van der Waals surface area (Å²) < 4.78 is 22.5. The van der Waals surface area contributed by atoms with Crippen LogP contribution in [0, 0.1) is 11.2 Å². The number of benzene rings is 1. The molecule has 1 fully saturated rings. The van der Waals surface area contributed by atoms with Crippen molar-refractivity contribution in [1.82, 2.24) is 29.6 Å². The summed E-state index contributed by atoms with van der Waals surface area (Å²) in [6.45, 7) is 6.47. The van der Waals surface area contributed by atoms with Crippen LogP contribution in [0.4, 0.5) is 10.3 Å². The fraction of sp³-hybridized carbons (Fsp3) is 0.444. The summed E-state index contributed by atoms with van der Waals surface area (Å²) in [5, 5.41) is 9.33. The number of nitrogens with zero attached hydrogens (tertiary/aromatic N) is 6. The second-order valence-corrected chi connectivity index (χ2v) is 11.7. The molecule has 0 saturated heterocycles. The van der Waals surface area contributed by atoms with Crippen molar-refractivity contribution in [2.24, 2.45) is 5.41 Å². The molecule has 11 heteroatoms. The van der Waals surface area contributed by atoms with E-state index < -0.39 is 16.8 Å². The fourth-order valence-corrected chi connectivity index (χ4v) is 5.72. The Kier molecular flexibility index (Phi) is 6.85. The van der Waals surface area contributed by atoms with E-state index in [0.717, 1.165) is 12.8 Å². The molecule has 4 aromatic rings. The smallest absolute Gasteiger partial charge is 0.228 e. The molecule has 0 spiro atoms. The van der Waals surface area contributed by atoms with Crippen LogP contribution in [0.25, 0.3) is 27.6 Å². The van der Waals surface area contributed by atoms with Crippen LogP contribution in [0.1, 0.15) is 40.0 Å². The van der Waals surface area contributed by atoms with Crippen LogP contribution in [-0.4, -0.2) is 67.9 Å². The zero-order valence-corrected chi connectivity index (χ0v) is 23.7. The second-order valence-electron chi connectivity index (χ2n) is 10.9. The predicted molar refractivity (Wildman–Crippen MR) is 148 cm³/mol. The molecule has 1 N–H and O–H groups in total. The van der Waals surface area contributed by atoms with E-state index in [1.54, 1.807) is 35.2 Å². The molecule has 5 rings (SSSR count). The van der Waals surface area contributed by atoms with E-state index in [-0.39, 0.29) is 11.9 Å². The third kappa shape index (κ3) is 4.96. The molecule has 1 aliphatic rings. The van der Waals surface area contributed by atoms with Crippen molar-refractivity contribution < 1.29 is 13.9 Å². The molecule has 1 amide bonds. The van der Waals surface area contributed by atoms with Gasteiger partial charge in [0.25, 0.3) is 0 Å². The largest absolute Gasteiger partial charge is 0.377 e. The van der Waals surface area contributed by atoms with Crippen molar-refractivity contribution in [1.29, 1.82) is 0 Å². The number of fused-ring (bicyclic) bond motifs is 2. The molecule has 0 unspecified atom stereocenters. The molecule has 2 atom stereocenters. The third-order valence-corrected chi connectivity index (χ3v) is 7.96.